The molecule has 0 bridgehead atoms. The number of carbonyl (C=O) groups is 1. The molecule has 2 unspecified atom stereocenters. The molecule has 0 aromatic carbocycles. The lowest BCUT2D eigenvalue weighted by Crippen LogP contribution is -2.51. The van der Waals surface area contributed by atoms with Gasteiger partial charge in [-0.1, -0.05) is 6.07 Å². The molecule has 2 nitrogen and oxygen atoms in total. The van der Waals surface area contributed by atoms with Gasteiger partial charge >= 0.3 is 0 Å². The van der Waals surface area contributed by atoms with Crippen LogP contribution in [0.3, 0.4) is 0 Å². The first kappa shape index (κ1) is 12.2. The summed E-state index contributed by atoms with van der Waals surface area (Å²) < 4.78 is 0. The van der Waals surface area contributed by atoms with E-state index in [1.165, 1.54) is 11.3 Å². The highest BCUT2D eigenvalue weighted by atomic mass is 32.1. The molecule has 2 heterocycles. The Bertz CT molecular complexity index is 425. The van der Waals surface area contributed by atoms with Crippen molar-refractivity contribution in [1.29, 1.82) is 0 Å². The zero-order valence-corrected chi connectivity index (χ0v) is 12.0. The maximum absolute atomic E-state index is 12.9. The lowest BCUT2D eigenvalue weighted by molar-refractivity contribution is -0.140. The molecule has 2 fully saturated rings. The summed E-state index contributed by atoms with van der Waals surface area (Å²) in [7, 11) is 0. The lowest BCUT2D eigenvalue weighted by Gasteiger charge is -2.41. The molecule has 0 N–H and O–H groups in total. The molecule has 0 radical (unpaired) electrons. The van der Waals surface area contributed by atoms with Gasteiger partial charge in [-0.3, -0.25) is 4.79 Å². The van der Waals surface area contributed by atoms with E-state index in [0.29, 0.717) is 18.0 Å². The van der Waals surface area contributed by atoms with Gasteiger partial charge in [0.05, 0.1) is 5.41 Å². The summed E-state index contributed by atoms with van der Waals surface area (Å²) in [4.78, 5) is 16.4. The van der Waals surface area contributed by atoms with Crippen LogP contribution in [-0.2, 0) is 10.2 Å². The van der Waals surface area contributed by atoms with Crippen molar-refractivity contribution in [2.75, 3.05) is 0 Å². The fourth-order valence-electron chi connectivity index (χ4n) is 3.31. The van der Waals surface area contributed by atoms with E-state index in [2.05, 4.69) is 36.3 Å². The lowest BCUT2D eigenvalue weighted by atomic mass is 9.93. The third-order valence-corrected chi connectivity index (χ3v) is 5.65. The zero-order chi connectivity index (χ0) is 12.8. The Labute approximate surface area is 113 Å². The van der Waals surface area contributed by atoms with Crippen molar-refractivity contribution >= 4 is 17.2 Å². The summed E-state index contributed by atoms with van der Waals surface area (Å²) in [5, 5.41) is 2.09. The fourth-order valence-corrected chi connectivity index (χ4v) is 4.29. The van der Waals surface area contributed by atoms with E-state index >= 15 is 0 Å². The highest BCUT2D eigenvalue weighted by Gasteiger charge is 2.55. The summed E-state index contributed by atoms with van der Waals surface area (Å²) >= 11 is 1.74. The Morgan fingerprint density at radius 3 is 2.50 bits per heavy atom. The smallest absolute Gasteiger partial charge is 0.234 e. The second-order valence-electron chi connectivity index (χ2n) is 5.90. The highest BCUT2D eigenvalue weighted by Crippen LogP contribution is 2.52. The van der Waals surface area contributed by atoms with Gasteiger partial charge in [-0.15, -0.1) is 11.3 Å². The van der Waals surface area contributed by atoms with Crippen molar-refractivity contribution in [2.45, 2.75) is 63.5 Å². The number of thiophene rings is 1. The van der Waals surface area contributed by atoms with Gasteiger partial charge in [-0.25, -0.2) is 0 Å². The topological polar surface area (TPSA) is 20.3 Å². The predicted octanol–water partition coefficient (Wildman–Crippen LogP) is 3.57. The van der Waals surface area contributed by atoms with Crippen LogP contribution in [0.1, 0.15) is 50.8 Å². The molecule has 0 spiro atoms. The van der Waals surface area contributed by atoms with Crippen LogP contribution in [0.15, 0.2) is 17.5 Å². The molecule has 3 rings (SSSR count). The number of hydrogen-bond donors (Lipinski definition) is 0. The van der Waals surface area contributed by atoms with Crippen LogP contribution in [0.4, 0.5) is 0 Å². The SMILES string of the molecule is CC1CCCC(C)N1C(=O)C1(c2cccs2)CC1. The van der Waals surface area contributed by atoms with Gasteiger partial charge in [-0.2, -0.15) is 0 Å². The van der Waals surface area contributed by atoms with Crippen molar-refractivity contribution < 1.29 is 4.79 Å². The first-order chi connectivity index (χ1) is 8.65. The molecule has 2 aliphatic rings. The Morgan fingerprint density at radius 2 is 2.00 bits per heavy atom. The van der Waals surface area contributed by atoms with Crippen molar-refractivity contribution in [3.05, 3.63) is 22.4 Å². The standard InChI is InChI=1S/C15H21NOS/c1-11-5-3-6-12(2)16(11)14(17)15(8-9-15)13-7-4-10-18-13/h4,7,10-12H,3,5-6,8-9H2,1-2H3. The number of carbonyl (C=O) groups excluding carboxylic acids is 1. The molecular weight excluding hydrogens is 242 g/mol. The highest BCUT2D eigenvalue weighted by molar-refractivity contribution is 7.10. The second kappa shape index (κ2) is 4.37. The average molecular weight is 263 g/mol. The maximum atomic E-state index is 12.9. The van der Waals surface area contributed by atoms with Crippen molar-refractivity contribution in [2.24, 2.45) is 0 Å². The number of rotatable bonds is 2. The summed E-state index contributed by atoms with van der Waals surface area (Å²) in [6.45, 7) is 4.41. The molecule has 1 aromatic heterocycles. The van der Waals surface area contributed by atoms with Crippen LogP contribution in [0, 0.1) is 0 Å². The van der Waals surface area contributed by atoms with E-state index in [1.807, 2.05) is 0 Å². The molecule has 3 heteroatoms. The van der Waals surface area contributed by atoms with Gasteiger partial charge in [0.2, 0.25) is 5.91 Å². The normalized spacial score (nSPS) is 30.2. The molecule has 18 heavy (non-hydrogen) atoms. The molecule has 1 saturated heterocycles. The van der Waals surface area contributed by atoms with E-state index in [0.717, 1.165) is 25.7 Å². The molecule has 1 aliphatic carbocycles. The Balaban J connectivity index is 1.86. The third-order valence-electron chi connectivity index (χ3n) is 4.58. The molecule has 1 saturated carbocycles. The minimum Gasteiger partial charge on any atom is -0.336 e. The quantitative estimate of drug-likeness (QED) is 0.799. The van der Waals surface area contributed by atoms with E-state index in [4.69, 9.17) is 0 Å². The number of piperidine rings is 1. The van der Waals surface area contributed by atoms with Crippen molar-refractivity contribution in [3.63, 3.8) is 0 Å². The average Bonchev–Trinajstić information content (AvgIpc) is 2.97. The van der Waals surface area contributed by atoms with Gasteiger partial charge in [-0.05, 0) is 57.4 Å². The molecule has 98 valence electrons. The number of likely N-dealkylation sites (tertiary alicyclic amines) is 1. The van der Waals surface area contributed by atoms with Crippen LogP contribution in [-0.4, -0.2) is 22.9 Å². The minimum absolute atomic E-state index is 0.145. The van der Waals surface area contributed by atoms with Gasteiger partial charge in [0.1, 0.15) is 0 Å². The minimum atomic E-state index is -0.145. The first-order valence-corrected chi connectivity index (χ1v) is 7.90. The number of nitrogens with zero attached hydrogens (tertiary/aromatic N) is 1. The molecule has 2 atom stereocenters. The summed E-state index contributed by atoms with van der Waals surface area (Å²) in [5.41, 5.74) is -0.145. The van der Waals surface area contributed by atoms with Crippen molar-refractivity contribution in [1.82, 2.24) is 4.90 Å². The second-order valence-corrected chi connectivity index (χ2v) is 6.85. The van der Waals surface area contributed by atoms with E-state index < -0.39 is 0 Å². The van der Waals surface area contributed by atoms with E-state index in [1.54, 1.807) is 11.3 Å². The Hall–Kier alpha value is -0.830. The summed E-state index contributed by atoms with van der Waals surface area (Å²) in [6, 6.07) is 5.03. The Kier molecular flexibility index (Phi) is 2.97. The van der Waals surface area contributed by atoms with E-state index in [-0.39, 0.29) is 5.41 Å². The third kappa shape index (κ3) is 1.80. The van der Waals surface area contributed by atoms with Crippen LogP contribution >= 0.6 is 11.3 Å². The fraction of sp³-hybridized carbons (Fsp3) is 0.667. The number of hydrogen-bond acceptors (Lipinski definition) is 2. The molecule has 1 aliphatic heterocycles. The zero-order valence-electron chi connectivity index (χ0n) is 11.2. The Morgan fingerprint density at radius 1 is 1.33 bits per heavy atom. The maximum Gasteiger partial charge on any atom is 0.234 e. The monoisotopic (exact) mass is 263 g/mol. The van der Waals surface area contributed by atoms with Crippen molar-refractivity contribution in [3.8, 4) is 0 Å². The predicted molar refractivity (Wildman–Crippen MR) is 74.9 cm³/mol. The van der Waals surface area contributed by atoms with Gasteiger partial charge in [0.15, 0.2) is 0 Å². The van der Waals surface area contributed by atoms with Crippen LogP contribution in [0.2, 0.25) is 0 Å². The first-order valence-electron chi connectivity index (χ1n) is 7.02. The van der Waals surface area contributed by atoms with Gasteiger partial charge in [0, 0.05) is 17.0 Å². The molecule has 1 aromatic rings. The summed E-state index contributed by atoms with van der Waals surface area (Å²) in [5.74, 6) is 0.393. The number of amides is 1. The molecular formula is C15H21NOS. The van der Waals surface area contributed by atoms with Crippen LogP contribution in [0.25, 0.3) is 0 Å². The largest absolute Gasteiger partial charge is 0.336 e. The molecule has 1 amide bonds. The van der Waals surface area contributed by atoms with E-state index in [9.17, 15) is 4.79 Å². The van der Waals surface area contributed by atoms with Crippen LogP contribution < -0.4 is 0 Å². The van der Waals surface area contributed by atoms with Crippen LogP contribution in [0.5, 0.6) is 0 Å². The summed E-state index contributed by atoms with van der Waals surface area (Å²) in [6.07, 6.45) is 5.68. The van der Waals surface area contributed by atoms with Gasteiger partial charge < -0.3 is 4.90 Å². The van der Waals surface area contributed by atoms with Gasteiger partial charge in [0.25, 0.3) is 0 Å².